The number of ether oxygens (including phenoxy) is 1. The van der Waals surface area contributed by atoms with Gasteiger partial charge in [0.2, 0.25) is 5.56 Å². The highest BCUT2D eigenvalue weighted by molar-refractivity contribution is 6.33. The van der Waals surface area contributed by atoms with Crippen molar-refractivity contribution in [1.29, 1.82) is 0 Å². The molecule has 0 atom stereocenters. The third-order valence-electron chi connectivity index (χ3n) is 3.51. The number of pyridine rings is 1. The van der Waals surface area contributed by atoms with E-state index in [0.29, 0.717) is 10.9 Å². The number of nitrogens with one attached hydrogen (secondary N) is 2. The average Bonchev–Trinajstić information content (AvgIpc) is 2.61. The Morgan fingerprint density at radius 1 is 1.15 bits per heavy atom. The lowest BCUT2D eigenvalue weighted by Gasteiger charge is -2.09. The summed E-state index contributed by atoms with van der Waals surface area (Å²) in [6, 6.07) is 11.3. The van der Waals surface area contributed by atoms with Crippen LogP contribution in [0, 0.1) is 5.82 Å². The molecule has 1 heterocycles. The maximum atomic E-state index is 13.0. The van der Waals surface area contributed by atoms with Crippen LogP contribution in [0.5, 0.6) is 0 Å². The maximum Gasteiger partial charge on any atom is 0.339 e. The van der Waals surface area contributed by atoms with Crippen molar-refractivity contribution in [3.8, 4) is 0 Å². The Morgan fingerprint density at radius 2 is 1.92 bits per heavy atom. The molecular formula is C18H12ClFN2O4. The van der Waals surface area contributed by atoms with Gasteiger partial charge < -0.3 is 15.0 Å². The highest BCUT2D eigenvalue weighted by Crippen LogP contribution is 2.22. The molecule has 0 aliphatic carbocycles. The van der Waals surface area contributed by atoms with Crippen LogP contribution < -0.4 is 10.9 Å². The number of rotatable bonds is 4. The second kappa shape index (κ2) is 7.37. The van der Waals surface area contributed by atoms with Crippen molar-refractivity contribution in [2.24, 2.45) is 0 Å². The first-order valence-corrected chi connectivity index (χ1v) is 7.86. The fourth-order valence-corrected chi connectivity index (χ4v) is 2.57. The number of carbonyl (C=O) groups is 2. The van der Waals surface area contributed by atoms with E-state index in [1.165, 1.54) is 6.07 Å². The van der Waals surface area contributed by atoms with Crippen LogP contribution in [-0.2, 0) is 9.53 Å². The van der Waals surface area contributed by atoms with E-state index in [0.717, 1.165) is 18.2 Å². The number of benzene rings is 2. The van der Waals surface area contributed by atoms with Gasteiger partial charge in [-0.15, -0.1) is 0 Å². The average molecular weight is 375 g/mol. The molecule has 0 saturated carbocycles. The SMILES string of the molecule is O=C(COC(=O)c1cc(=O)[nH]c2ccccc12)Nc1ccc(F)cc1Cl. The van der Waals surface area contributed by atoms with Gasteiger partial charge >= 0.3 is 5.97 Å². The molecule has 2 aromatic carbocycles. The lowest BCUT2D eigenvalue weighted by molar-refractivity contribution is -0.119. The monoisotopic (exact) mass is 374 g/mol. The molecule has 0 spiro atoms. The minimum atomic E-state index is -0.812. The van der Waals surface area contributed by atoms with Gasteiger partial charge in [0.05, 0.1) is 16.3 Å². The molecule has 0 fully saturated rings. The summed E-state index contributed by atoms with van der Waals surface area (Å²) in [4.78, 5) is 38.4. The molecule has 0 bridgehead atoms. The highest BCUT2D eigenvalue weighted by Gasteiger charge is 2.15. The van der Waals surface area contributed by atoms with Gasteiger partial charge in [0.15, 0.2) is 6.61 Å². The number of esters is 1. The van der Waals surface area contributed by atoms with E-state index < -0.39 is 29.9 Å². The van der Waals surface area contributed by atoms with Crippen LogP contribution in [0.2, 0.25) is 5.02 Å². The van der Waals surface area contributed by atoms with Gasteiger partial charge in [0.1, 0.15) is 5.82 Å². The third kappa shape index (κ3) is 3.89. The number of halogens is 2. The second-order valence-electron chi connectivity index (χ2n) is 5.34. The van der Waals surface area contributed by atoms with Crippen molar-refractivity contribution >= 4 is 40.1 Å². The number of para-hydroxylation sites is 1. The molecule has 1 amide bonds. The molecule has 0 radical (unpaired) electrons. The minimum absolute atomic E-state index is 0.0188. The largest absolute Gasteiger partial charge is 0.452 e. The Hall–Kier alpha value is -3.19. The third-order valence-corrected chi connectivity index (χ3v) is 3.82. The van der Waals surface area contributed by atoms with E-state index in [1.54, 1.807) is 24.3 Å². The number of hydrogen-bond acceptors (Lipinski definition) is 4. The van der Waals surface area contributed by atoms with Crippen LogP contribution in [0.25, 0.3) is 10.9 Å². The fourth-order valence-electron chi connectivity index (χ4n) is 2.36. The van der Waals surface area contributed by atoms with Gasteiger partial charge in [-0.2, -0.15) is 0 Å². The predicted octanol–water partition coefficient (Wildman–Crippen LogP) is 3.12. The van der Waals surface area contributed by atoms with Crippen LogP contribution in [0.1, 0.15) is 10.4 Å². The number of H-pyrrole nitrogens is 1. The fraction of sp³-hybridized carbons (Fsp3) is 0.0556. The predicted molar refractivity (Wildman–Crippen MR) is 94.9 cm³/mol. The lowest BCUT2D eigenvalue weighted by Crippen LogP contribution is -2.22. The molecule has 0 unspecified atom stereocenters. The van der Waals surface area contributed by atoms with Crippen molar-refractivity contribution in [2.45, 2.75) is 0 Å². The van der Waals surface area contributed by atoms with E-state index in [2.05, 4.69) is 10.3 Å². The molecule has 6 nitrogen and oxygen atoms in total. The zero-order chi connectivity index (χ0) is 18.7. The van der Waals surface area contributed by atoms with Crippen LogP contribution in [0.15, 0.2) is 53.3 Å². The summed E-state index contributed by atoms with van der Waals surface area (Å²) in [5.41, 5.74) is 0.264. The number of amides is 1. The van der Waals surface area contributed by atoms with Crippen molar-refractivity contribution in [3.63, 3.8) is 0 Å². The summed E-state index contributed by atoms with van der Waals surface area (Å²) in [7, 11) is 0. The first-order valence-electron chi connectivity index (χ1n) is 7.48. The molecule has 0 aliphatic heterocycles. The van der Waals surface area contributed by atoms with Crippen molar-refractivity contribution in [2.75, 3.05) is 11.9 Å². The standard InChI is InChI=1S/C18H12ClFN2O4/c19-13-7-10(20)5-6-15(13)22-17(24)9-26-18(25)12-8-16(23)21-14-4-2-1-3-11(12)14/h1-8H,9H2,(H,21,23)(H,22,24). The molecule has 0 saturated heterocycles. The zero-order valence-corrected chi connectivity index (χ0v) is 14.0. The van der Waals surface area contributed by atoms with Gasteiger partial charge in [0, 0.05) is 17.0 Å². The quantitative estimate of drug-likeness (QED) is 0.687. The Balaban J connectivity index is 1.71. The van der Waals surface area contributed by atoms with E-state index >= 15 is 0 Å². The lowest BCUT2D eigenvalue weighted by atomic mass is 10.1. The van der Waals surface area contributed by atoms with Gasteiger partial charge in [-0.1, -0.05) is 29.8 Å². The maximum absolute atomic E-state index is 13.0. The Kier molecular flexibility index (Phi) is 4.99. The summed E-state index contributed by atoms with van der Waals surface area (Å²) in [6.45, 7) is -0.590. The molecule has 3 aromatic rings. The Labute approximate surface area is 151 Å². The van der Waals surface area contributed by atoms with E-state index in [4.69, 9.17) is 16.3 Å². The van der Waals surface area contributed by atoms with Crippen molar-refractivity contribution < 1.29 is 18.7 Å². The smallest absolute Gasteiger partial charge is 0.339 e. The topological polar surface area (TPSA) is 88.3 Å². The zero-order valence-electron chi connectivity index (χ0n) is 13.2. The minimum Gasteiger partial charge on any atom is -0.452 e. The first-order chi connectivity index (χ1) is 12.4. The van der Waals surface area contributed by atoms with Crippen LogP contribution in [0.3, 0.4) is 0 Å². The molecule has 3 rings (SSSR count). The van der Waals surface area contributed by atoms with Crippen molar-refractivity contribution in [1.82, 2.24) is 4.98 Å². The van der Waals surface area contributed by atoms with Crippen molar-refractivity contribution in [3.05, 3.63) is 75.3 Å². The Bertz CT molecular complexity index is 1060. The van der Waals surface area contributed by atoms with E-state index in [9.17, 15) is 18.8 Å². The van der Waals surface area contributed by atoms with Crippen LogP contribution in [0.4, 0.5) is 10.1 Å². The van der Waals surface area contributed by atoms with Gasteiger partial charge in [-0.05, 0) is 24.3 Å². The number of carbonyl (C=O) groups excluding carboxylic acids is 2. The number of fused-ring (bicyclic) bond motifs is 1. The Morgan fingerprint density at radius 3 is 2.69 bits per heavy atom. The molecule has 8 heteroatoms. The molecule has 26 heavy (non-hydrogen) atoms. The number of anilines is 1. The summed E-state index contributed by atoms with van der Waals surface area (Å²) >= 11 is 5.81. The normalized spacial score (nSPS) is 10.5. The van der Waals surface area contributed by atoms with Crippen LogP contribution >= 0.6 is 11.6 Å². The molecule has 1 aromatic heterocycles. The second-order valence-corrected chi connectivity index (χ2v) is 5.75. The first kappa shape index (κ1) is 17.6. The van der Waals surface area contributed by atoms with Gasteiger partial charge in [-0.3, -0.25) is 9.59 Å². The van der Waals surface area contributed by atoms with Gasteiger partial charge in [-0.25, -0.2) is 9.18 Å². The summed E-state index contributed by atoms with van der Waals surface area (Å²) < 4.78 is 18.0. The summed E-state index contributed by atoms with van der Waals surface area (Å²) in [5.74, 6) is -2.01. The molecule has 132 valence electrons. The molecular weight excluding hydrogens is 363 g/mol. The molecule has 0 aliphatic rings. The van der Waals surface area contributed by atoms with E-state index in [1.807, 2.05) is 0 Å². The van der Waals surface area contributed by atoms with E-state index in [-0.39, 0.29) is 16.3 Å². The summed E-state index contributed by atoms with van der Waals surface area (Å²) in [6.07, 6.45) is 0. The number of aromatic amines is 1. The molecule has 2 N–H and O–H groups in total. The van der Waals surface area contributed by atoms with Crippen LogP contribution in [-0.4, -0.2) is 23.5 Å². The van der Waals surface area contributed by atoms with Gasteiger partial charge in [0.25, 0.3) is 5.91 Å². The highest BCUT2D eigenvalue weighted by atomic mass is 35.5. The number of hydrogen-bond donors (Lipinski definition) is 2. The summed E-state index contributed by atoms with van der Waals surface area (Å²) in [5, 5.41) is 2.93. The number of aromatic nitrogens is 1.